The average Bonchev–Trinajstić information content (AvgIpc) is 2.55. The fourth-order valence-corrected chi connectivity index (χ4v) is 5.85. The zero-order chi connectivity index (χ0) is 18.0. The van der Waals surface area contributed by atoms with Gasteiger partial charge in [0.25, 0.3) is 0 Å². The van der Waals surface area contributed by atoms with Crippen molar-refractivity contribution in [3.05, 3.63) is 30.9 Å². The molecule has 8 heteroatoms. The number of carbonyl (C=O) groups excluding carboxylic acids is 1. The van der Waals surface area contributed by atoms with Crippen molar-refractivity contribution in [1.29, 1.82) is 0 Å². The van der Waals surface area contributed by atoms with Crippen LogP contribution in [-0.4, -0.2) is 41.2 Å². The molecular weight excluding hydrogens is 554 g/mol. The maximum Gasteiger partial charge on any atom is 0.501 e. The Balaban J connectivity index is 2.55. The van der Waals surface area contributed by atoms with Crippen molar-refractivity contribution in [2.75, 3.05) is 26.4 Å². The fourth-order valence-electron chi connectivity index (χ4n) is 2.19. The van der Waals surface area contributed by atoms with Crippen LogP contribution in [0.1, 0.15) is 37.6 Å². The number of ether oxygens (including phenoxy) is 1. The van der Waals surface area contributed by atoms with Gasteiger partial charge in [-0.2, -0.15) is 0 Å². The highest BCUT2D eigenvalue weighted by atomic mass is 127. The van der Waals surface area contributed by atoms with Crippen molar-refractivity contribution in [3.8, 4) is 0 Å². The van der Waals surface area contributed by atoms with E-state index in [1.54, 1.807) is 6.07 Å². The molecule has 0 aliphatic rings. The zero-order valence-electron chi connectivity index (χ0n) is 14.3. The third-order valence-electron chi connectivity index (χ3n) is 3.12. The Morgan fingerprint density at radius 3 is 2.17 bits per heavy atom. The van der Waals surface area contributed by atoms with Crippen LogP contribution in [0.25, 0.3) is 0 Å². The van der Waals surface area contributed by atoms with Gasteiger partial charge in [-0.05, 0) is 84.5 Å². The van der Waals surface area contributed by atoms with E-state index >= 15 is 0 Å². The summed E-state index contributed by atoms with van der Waals surface area (Å²) in [5.41, 5.74) is 0.602. The predicted octanol–water partition coefficient (Wildman–Crippen LogP) is 4.49. The summed E-state index contributed by atoms with van der Waals surface area (Å²) in [6.45, 7) is 7.75. The molecule has 0 N–H and O–H groups in total. The Morgan fingerprint density at radius 2 is 1.62 bits per heavy atom. The lowest BCUT2D eigenvalue weighted by molar-refractivity contribution is 0.0467. The summed E-state index contributed by atoms with van der Waals surface area (Å²) in [6, 6.07) is 6.24. The minimum absolute atomic E-state index is 0.297. The van der Waals surface area contributed by atoms with Gasteiger partial charge in [0.05, 0.1) is 12.2 Å². The van der Waals surface area contributed by atoms with Crippen molar-refractivity contribution in [2.24, 2.45) is 0 Å². The largest absolute Gasteiger partial charge is 0.501 e. The van der Waals surface area contributed by atoms with Gasteiger partial charge in [-0.15, -0.1) is 0 Å². The summed E-state index contributed by atoms with van der Waals surface area (Å²) in [6.07, 6.45) is 0.651. The normalized spacial score (nSPS) is 11.5. The van der Waals surface area contributed by atoms with Crippen LogP contribution >= 0.6 is 45.2 Å². The van der Waals surface area contributed by atoms with Gasteiger partial charge in [-0.3, -0.25) is 0 Å². The molecule has 1 rings (SSSR count). The first-order valence-corrected chi connectivity index (χ1v) is 12.1. The fraction of sp³-hybridized carbons (Fsp3) is 0.562. The molecule has 0 radical (unpaired) electrons. The molecule has 0 spiro atoms. The zero-order valence-corrected chi connectivity index (χ0v) is 19.6. The highest BCUT2D eigenvalue weighted by molar-refractivity contribution is 14.1. The van der Waals surface area contributed by atoms with E-state index in [0.717, 1.165) is 7.14 Å². The van der Waals surface area contributed by atoms with Crippen LogP contribution in [0.4, 0.5) is 0 Å². The molecule has 0 aliphatic heterocycles. The Labute approximate surface area is 172 Å². The lowest BCUT2D eigenvalue weighted by atomic mass is 10.2. The maximum atomic E-state index is 12.2. The molecule has 1 aromatic rings. The van der Waals surface area contributed by atoms with Gasteiger partial charge < -0.3 is 18.0 Å². The first-order chi connectivity index (χ1) is 11.5. The van der Waals surface area contributed by atoms with Crippen LogP contribution in [-0.2, 0) is 18.0 Å². The number of hydrogen-bond acceptors (Lipinski definition) is 5. The van der Waals surface area contributed by atoms with Crippen LogP contribution < -0.4 is 0 Å². The number of benzene rings is 1. The lowest BCUT2D eigenvalue weighted by Crippen LogP contribution is -2.46. The van der Waals surface area contributed by atoms with Crippen molar-refractivity contribution in [2.45, 2.75) is 33.2 Å². The topological polar surface area (TPSA) is 54.0 Å². The molecule has 0 unspecified atom stereocenters. The molecule has 0 aliphatic carbocycles. The molecule has 0 atom stereocenters. The molecular formula is C16H24I2O5Si. The van der Waals surface area contributed by atoms with Crippen molar-refractivity contribution in [3.63, 3.8) is 0 Å². The molecule has 0 heterocycles. The standard InChI is InChI=1S/C16H24I2O5Si/c1-4-21-24(22-5-2,23-6-3)12-8-11-20-16(19)13-9-7-10-14(17)15(13)18/h7,9-10H,4-6,8,11-12H2,1-3H3. The van der Waals surface area contributed by atoms with Crippen LogP contribution in [0.3, 0.4) is 0 Å². The van der Waals surface area contributed by atoms with E-state index in [1.165, 1.54) is 0 Å². The van der Waals surface area contributed by atoms with E-state index < -0.39 is 8.80 Å². The van der Waals surface area contributed by atoms with Gasteiger partial charge in [-0.25, -0.2) is 4.79 Å². The van der Waals surface area contributed by atoms with Crippen LogP contribution in [0.2, 0.25) is 6.04 Å². The summed E-state index contributed by atoms with van der Waals surface area (Å²) >= 11 is 4.37. The average molecular weight is 578 g/mol. The number of carbonyl (C=O) groups is 1. The van der Waals surface area contributed by atoms with Gasteiger partial charge in [0.2, 0.25) is 0 Å². The minimum atomic E-state index is -2.66. The monoisotopic (exact) mass is 578 g/mol. The number of esters is 1. The van der Waals surface area contributed by atoms with Crippen LogP contribution in [0, 0.1) is 7.14 Å². The molecule has 136 valence electrons. The Morgan fingerprint density at radius 1 is 1.04 bits per heavy atom. The number of hydrogen-bond donors (Lipinski definition) is 0. The van der Waals surface area contributed by atoms with Crippen molar-refractivity contribution < 1.29 is 22.8 Å². The molecule has 5 nitrogen and oxygen atoms in total. The Bertz CT molecular complexity index is 510. The van der Waals surface area contributed by atoms with Gasteiger partial charge in [0.15, 0.2) is 0 Å². The molecule has 0 bridgehead atoms. The third-order valence-corrected chi connectivity index (χ3v) is 9.37. The third kappa shape index (κ3) is 6.87. The van der Waals surface area contributed by atoms with Crippen molar-refractivity contribution >= 4 is 60.0 Å². The first-order valence-electron chi connectivity index (χ1n) is 8.02. The highest BCUT2D eigenvalue weighted by Gasteiger charge is 2.39. The molecule has 0 amide bonds. The molecule has 1 aromatic carbocycles. The SMILES string of the molecule is CCO[Si](CCCOC(=O)c1cccc(I)c1I)(OCC)OCC. The van der Waals surface area contributed by atoms with E-state index in [4.69, 9.17) is 18.0 Å². The highest BCUT2D eigenvalue weighted by Crippen LogP contribution is 2.21. The second kappa shape index (κ2) is 11.8. The van der Waals surface area contributed by atoms with Gasteiger partial charge in [-0.1, -0.05) is 6.07 Å². The first kappa shape index (κ1) is 22.3. The van der Waals surface area contributed by atoms with Crippen LogP contribution in [0.15, 0.2) is 18.2 Å². The number of rotatable bonds is 11. The van der Waals surface area contributed by atoms with E-state index in [9.17, 15) is 4.79 Å². The quantitative estimate of drug-likeness (QED) is 0.168. The van der Waals surface area contributed by atoms with E-state index in [2.05, 4.69) is 45.2 Å². The Kier molecular flexibility index (Phi) is 10.9. The molecule has 0 saturated heterocycles. The second-order valence-electron chi connectivity index (χ2n) is 4.82. The summed E-state index contributed by atoms with van der Waals surface area (Å²) in [7, 11) is -2.66. The van der Waals surface area contributed by atoms with Gasteiger partial charge in [0, 0.05) is 33.0 Å². The van der Waals surface area contributed by atoms with E-state index in [-0.39, 0.29) is 5.97 Å². The smallest absolute Gasteiger partial charge is 0.462 e. The van der Waals surface area contributed by atoms with Crippen molar-refractivity contribution in [1.82, 2.24) is 0 Å². The second-order valence-corrected chi connectivity index (χ2v) is 9.80. The molecule has 0 fully saturated rings. The minimum Gasteiger partial charge on any atom is -0.462 e. The Hall–Kier alpha value is 0.247. The van der Waals surface area contributed by atoms with E-state index in [0.29, 0.717) is 44.5 Å². The summed E-state index contributed by atoms with van der Waals surface area (Å²) in [4.78, 5) is 12.2. The summed E-state index contributed by atoms with van der Waals surface area (Å²) < 4.78 is 24.7. The summed E-state index contributed by atoms with van der Waals surface area (Å²) in [5.74, 6) is -0.297. The molecule has 0 saturated carbocycles. The lowest BCUT2D eigenvalue weighted by Gasteiger charge is -2.28. The molecule has 24 heavy (non-hydrogen) atoms. The van der Waals surface area contributed by atoms with Gasteiger partial charge in [0.1, 0.15) is 0 Å². The van der Waals surface area contributed by atoms with Crippen LogP contribution in [0.5, 0.6) is 0 Å². The van der Waals surface area contributed by atoms with Gasteiger partial charge >= 0.3 is 14.8 Å². The molecule has 0 aromatic heterocycles. The number of halogens is 2. The summed E-state index contributed by atoms with van der Waals surface area (Å²) in [5, 5.41) is 0. The maximum absolute atomic E-state index is 12.2. The predicted molar refractivity (Wildman–Crippen MR) is 112 cm³/mol. The van der Waals surface area contributed by atoms with E-state index in [1.807, 2.05) is 32.9 Å².